The molecule has 0 bridgehead atoms. The van der Waals surface area contributed by atoms with E-state index < -0.39 is 12.1 Å². The van der Waals surface area contributed by atoms with Gasteiger partial charge in [-0.1, -0.05) is 6.58 Å². The fourth-order valence-corrected chi connectivity index (χ4v) is 0.865. The van der Waals surface area contributed by atoms with E-state index in [4.69, 9.17) is 0 Å². The molecule has 86 valence electrons. The maximum absolute atomic E-state index is 12.7. The molecule has 0 saturated carbocycles. The first-order chi connectivity index (χ1) is 7.48. The zero-order chi connectivity index (χ0) is 12.2. The van der Waals surface area contributed by atoms with Crippen LogP contribution in [0.1, 0.15) is 10.5 Å². The second-order valence-corrected chi connectivity index (χ2v) is 2.74. The lowest BCUT2D eigenvalue weighted by Crippen LogP contribution is -2.21. The zero-order valence-electron chi connectivity index (χ0n) is 8.44. The molecule has 0 aliphatic carbocycles. The highest BCUT2D eigenvalue weighted by Gasteiger charge is 2.26. The molecule has 0 radical (unpaired) electrons. The summed E-state index contributed by atoms with van der Waals surface area (Å²) in [6.45, 7) is 2.92. The van der Waals surface area contributed by atoms with Crippen molar-refractivity contribution in [2.75, 3.05) is 7.11 Å². The van der Waals surface area contributed by atoms with Crippen LogP contribution in [0.2, 0.25) is 0 Å². The summed E-state index contributed by atoms with van der Waals surface area (Å²) < 4.78 is 34.1. The van der Waals surface area contributed by atoms with Crippen LogP contribution in [0.3, 0.4) is 0 Å². The number of esters is 1. The van der Waals surface area contributed by atoms with Crippen molar-refractivity contribution >= 4 is 5.97 Å². The van der Waals surface area contributed by atoms with Crippen LogP contribution in [0.4, 0.5) is 8.78 Å². The molecule has 0 spiro atoms. The standard InChI is InChI=1S/C10H9F2NO3/c1-3-10(11,12)16-7-4-5-8(13-6-7)9(14)15-2/h3-6H,1H2,2H3. The Bertz CT molecular complexity index is 390. The second-order valence-electron chi connectivity index (χ2n) is 2.74. The Morgan fingerprint density at radius 2 is 2.25 bits per heavy atom. The topological polar surface area (TPSA) is 48.4 Å². The van der Waals surface area contributed by atoms with E-state index in [1.165, 1.54) is 19.2 Å². The van der Waals surface area contributed by atoms with Crippen LogP contribution in [-0.2, 0) is 4.74 Å². The van der Waals surface area contributed by atoms with Gasteiger partial charge in [0.2, 0.25) is 0 Å². The van der Waals surface area contributed by atoms with Crippen LogP contribution in [0.25, 0.3) is 0 Å². The number of alkyl halides is 2. The maximum atomic E-state index is 12.7. The number of halogens is 2. The van der Waals surface area contributed by atoms with Gasteiger partial charge in [-0.05, 0) is 12.1 Å². The number of aromatic nitrogens is 1. The predicted molar refractivity (Wildman–Crippen MR) is 51.3 cm³/mol. The smallest absolute Gasteiger partial charge is 0.419 e. The molecule has 0 amide bonds. The van der Waals surface area contributed by atoms with Crippen molar-refractivity contribution in [3.63, 3.8) is 0 Å². The summed E-state index contributed by atoms with van der Waals surface area (Å²) in [6, 6.07) is 2.41. The Morgan fingerprint density at radius 3 is 2.69 bits per heavy atom. The van der Waals surface area contributed by atoms with Crippen LogP contribution in [-0.4, -0.2) is 24.2 Å². The van der Waals surface area contributed by atoms with E-state index in [-0.39, 0.29) is 11.4 Å². The van der Waals surface area contributed by atoms with E-state index in [2.05, 4.69) is 21.0 Å². The molecular formula is C10H9F2NO3. The molecule has 0 aromatic carbocycles. The minimum absolute atomic E-state index is 0.0109. The lowest BCUT2D eigenvalue weighted by Gasteiger charge is -2.13. The van der Waals surface area contributed by atoms with Gasteiger partial charge in [0.25, 0.3) is 0 Å². The number of pyridine rings is 1. The second kappa shape index (κ2) is 4.69. The number of ether oxygens (including phenoxy) is 2. The molecule has 0 N–H and O–H groups in total. The van der Waals surface area contributed by atoms with Crippen molar-refractivity contribution in [3.8, 4) is 5.75 Å². The number of rotatable bonds is 4. The van der Waals surface area contributed by atoms with Crippen molar-refractivity contribution in [1.29, 1.82) is 0 Å². The van der Waals surface area contributed by atoms with Gasteiger partial charge >= 0.3 is 12.1 Å². The summed E-state index contributed by atoms with van der Waals surface area (Å²) in [4.78, 5) is 14.6. The third-order valence-corrected chi connectivity index (χ3v) is 1.62. The summed E-state index contributed by atoms with van der Waals surface area (Å²) in [5, 5.41) is 0. The third-order valence-electron chi connectivity index (χ3n) is 1.62. The molecule has 16 heavy (non-hydrogen) atoms. The molecule has 1 aromatic rings. The number of carbonyl (C=O) groups excluding carboxylic acids is 1. The molecule has 0 aliphatic heterocycles. The fraction of sp³-hybridized carbons (Fsp3) is 0.200. The molecule has 1 heterocycles. The van der Waals surface area contributed by atoms with Crippen molar-refractivity contribution in [1.82, 2.24) is 4.98 Å². The van der Waals surface area contributed by atoms with Crippen LogP contribution in [0.15, 0.2) is 31.0 Å². The van der Waals surface area contributed by atoms with Crippen molar-refractivity contribution in [2.45, 2.75) is 6.11 Å². The predicted octanol–water partition coefficient (Wildman–Crippen LogP) is 2.03. The molecule has 1 aromatic heterocycles. The van der Waals surface area contributed by atoms with E-state index in [1.54, 1.807) is 0 Å². The molecule has 0 atom stereocenters. The first-order valence-corrected chi connectivity index (χ1v) is 4.23. The van der Waals surface area contributed by atoms with Gasteiger partial charge in [-0.2, -0.15) is 8.78 Å². The molecular weight excluding hydrogens is 220 g/mol. The van der Waals surface area contributed by atoms with Gasteiger partial charge < -0.3 is 9.47 Å². The Morgan fingerprint density at radius 1 is 1.56 bits per heavy atom. The van der Waals surface area contributed by atoms with E-state index >= 15 is 0 Å². The molecule has 0 fully saturated rings. The number of carbonyl (C=O) groups is 1. The third kappa shape index (κ3) is 3.01. The van der Waals surface area contributed by atoms with Gasteiger partial charge in [0.15, 0.2) is 0 Å². The fourth-order valence-electron chi connectivity index (χ4n) is 0.865. The minimum Gasteiger partial charge on any atom is -0.464 e. The molecule has 0 aliphatic rings. The Balaban J connectivity index is 2.79. The molecule has 0 saturated heterocycles. The van der Waals surface area contributed by atoms with Crippen molar-refractivity contribution < 1.29 is 23.0 Å². The van der Waals surface area contributed by atoms with Crippen LogP contribution >= 0.6 is 0 Å². The van der Waals surface area contributed by atoms with E-state index in [9.17, 15) is 13.6 Å². The quantitative estimate of drug-likeness (QED) is 0.585. The summed E-state index contributed by atoms with van der Waals surface area (Å²) in [6.07, 6.45) is -2.10. The molecule has 6 heteroatoms. The summed E-state index contributed by atoms with van der Waals surface area (Å²) in [5.74, 6) is -0.820. The average molecular weight is 229 g/mol. The molecule has 1 rings (SSSR count). The Kier molecular flexibility index (Phi) is 3.55. The van der Waals surface area contributed by atoms with Crippen LogP contribution < -0.4 is 4.74 Å². The van der Waals surface area contributed by atoms with Gasteiger partial charge in [0.05, 0.1) is 13.3 Å². The number of nitrogens with zero attached hydrogens (tertiary/aromatic N) is 1. The SMILES string of the molecule is C=CC(F)(F)Oc1ccc(C(=O)OC)nc1. The van der Waals surface area contributed by atoms with Gasteiger partial charge in [-0.15, -0.1) is 0 Å². The Hall–Kier alpha value is -1.98. The van der Waals surface area contributed by atoms with E-state index in [0.29, 0.717) is 6.08 Å². The zero-order valence-corrected chi connectivity index (χ0v) is 8.44. The van der Waals surface area contributed by atoms with Crippen molar-refractivity contribution in [3.05, 3.63) is 36.7 Å². The van der Waals surface area contributed by atoms with Crippen LogP contribution in [0.5, 0.6) is 5.75 Å². The number of methoxy groups -OCH3 is 1. The van der Waals surface area contributed by atoms with Gasteiger partial charge in [0, 0.05) is 6.08 Å². The molecule has 4 nitrogen and oxygen atoms in total. The van der Waals surface area contributed by atoms with Gasteiger partial charge in [-0.3, -0.25) is 0 Å². The summed E-state index contributed by atoms with van der Waals surface area (Å²) in [5.41, 5.74) is 0.0109. The lowest BCUT2D eigenvalue weighted by molar-refractivity contribution is -0.131. The summed E-state index contributed by atoms with van der Waals surface area (Å²) >= 11 is 0. The van der Waals surface area contributed by atoms with Crippen LogP contribution in [0, 0.1) is 0 Å². The Labute approximate surface area is 90.5 Å². The first-order valence-electron chi connectivity index (χ1n) is 4.23. The number of hydrogen-bond donors (Lipinski definition) is 0. The van der Waals surface area contributed by atoms with Gasteiger partial charge in [-0.25, -0.2) is 9.78 Å². The minimum atomic E-state index is -3.46. The highest BCUT2D eigenvalue weighted by Crippen LogP contribution is 2.21. The highest BCUT2D eigenvalue weighted by molar-refractivity contribution is 5.87. The lowest BCUT2D eigenvalue weighted by atomic mass is 10.3. The summed E-state index contributed by atoms with van der Waals surface area (Å²) in [7, 11) is 1.19. The van der Waals surface area contributed by atoms with Gasteiger partial charge in [0.1, 0.15) is 11.4 Å². The first kappa shape index (κ1) is 12.1. The van der Waals surface area contributed by atoms with E-state index in [1.807, 2.05) is 0 Å². The highest BCUT2D eigenvalue weighted by atomic mass is 19.3. The number of hydrogen-bond acceptors (Lipinski definition) is 4. The maximum Gasteiger partial charge on any atom is 0.419 e. The normalized spacial score (nSPS) is 10.7. The monoisotopic (exact) mass is 229 g/mol. The van der Waals surface area contributed by atoms with E-state index in [0.717, 1.165) is 6.20 Å². The average Bonchev–Trinajstić information content (AvgIpc) is 2.28. The van der Waals surface area contributed by atoms with Crippen molar-refractivity contribution in [2.24, 2.45) is 0 Å². The molecule has 0 unspecified atom stereocenters. The largest absolute Gasteiger partial charge is 0.464 e.